The van der Waals surface area contributed by atoms with E-state index in [1.54, 1.807) is 29.2 Å². The van der Waals surface area contributed by atoms with Gasteiger partial charge < -0.3 is 14.7 Å². The summed E-state index contributed by atoms with van der Waals surface area (Å²) in [5.41, 5.74) is -0.203. The van der Waals surface area contributed by atoms with Crippen molar-refractivity contribution in [1.29, 1.82) is 0 Å². The first-order valence-electron chi connectivity index (χ1n) is 7.39. The van der Waals surface area contributed by atoms with Gasteiger partial charge in [0.25, 0.3) is 0 Å². The minimum atomic E-state index is -1.01. The van der Waals surface area contributed by atoms with E-state index < -0.39 is 11.4 Å². The zero-order chi connectivity index (χ0) is 16.9. The number of halogens is 1. The Morgan fingerprint density at radius 2 is 2.09 bits per heavy atom. The number of ether oxygens (including phenoxy) is 1. The number of hydrogen-bond donors (Lipinski definition) is 1. The van der Waals surface area contributed by atoms with E-state index in [1.807, 2.05) is 0 Å². The second-order valence-electron chi connectivity index (χ2n) is 5.74. The van der Waals surface area contributed by atoms with Gasteiger partial charge in [0.15, 0.2) is 0 Å². The van der Waals surface area contributed by atoms with Crippen LogP contribution in [0.25, 0.3) is 6.08 Å². The van der Waals surface area contributed by atoms with Crippen molar-refractivity contribution >= 4 is 18.0 Å². The van der Waals surface area contributed by atoms with E-state index in [0.29, 0.717) is 13.0 Å². The fourth-order valence-electron chi connectivity index (χ4n) is 2.71. The van der Waals surface area contributed by atoms with E-state index in [2.05, 4.69) is 0 Å². The number of carbonyl (C=O) groups excluding carboxylic acids is 1. The quantitative estimate of drug-likeness (QED) is 0.872. The van der Waals surface area contributed by atoms with Gasteiger partial charge in [0.2, 0.25) is 5.91 Å². The molecule has 1 fully saturated rings. The third-order valence-corrected chi connectivity index (χ3v) is 4.05. The molecule has 0 aliphatic carbocycles. The smallest absolute Gasteiger partial charge is 0.313 e. The largest absolute Gasteiger partial charge is 0.481 e. The molecule has 1 aliphatic rings. The second kappa shape index (κ2) is 7.37. The molecule has 0 radical (unpaired) electrons. The van der Waals surface area contributed by atoms with Gasteiger partial charge in [0.05, 0.1) is 6.61 Å². The highest BCUT2D eigenvalue weighted by Gasteiger charge is 2.46. The molecule has 124 valence electrons. The van der Waals surface area contributed by atoms with Gasteiger partial charge in [-0.05, 0) is 24.1 Å². The van der Waals surface area contributed by atoms with Crippen molar-refractivity contribution in [2.24, 2.45) is 5.41 Å². The topological polar surface area (TPSA) is 66.8 Å². The molecule has 1 amide bonds. The molecular formula is C17H20FNO4. The molecule has 5 nitrogen and oxygen atoms in total. The Morgan fingerprint density at radius 1 is 1.39 bits per heavy atom. The number of benzene rings is 1. The van der Waals surface area contributed by atoms with Crippen LogP contribution in [-0.2, 0) is 14.3 Å². The number of carboxylic acid groups (broad SMARTS) is 1. The molecule has 0 saturated carbocycles. The van der Waals surface area contributed by atoms with Crippen LogP contribution in [0.2, 0.25) is 0 Å². The zero-order valence-corrected chi connectivity index (χ0v) is 13.0. The Labute approximate surface area is 134 Å². The summed E-state index contributed by atoms with van der Waals surface area (Å²) in [5, 5.41) is 9.38. The summed E-state index contributed by atoms with van der Waals surface area (Å²) >= 11 is 0. The number of nitrogens with zero attached hydrogens (tertiary/aromatic N) is 1. The summed E-state index contributed by atoms with van der Waals surface area (Å²) in [6.07, 6.45) is 4.02. The average Bonchev–Trinajstić information content (AvgIpc) is 2.95. The van der Waals surface area contributed by atoms with Gasteiger partial charge in [-0.3, -0.25) is 9.59 Å². The monoisotopic (exact) mass is 321 g/mol. The summed E-state index contributed by atoms with van der Waals surface area (Å²) in [5.74, 6) is -1.36. The molecule has 1 aliphatic heterocycles. The summed E-state index contributed by atoms with van der Waals surface area (Å²) < 4.78 is 17.8. The highest BCUT2D eigenvalue weighted by molar-refractivity contribution is 5.82. The molecule has 1 unspecified atom stereocenters. The van der Waals surface area contributed by atoms with Crippen LogP contribution in [0.15, 0.2) is 30.3 Å². The zero-order valence-electron chi connectivity index (χ0n) is 13.0. The molecule has 1 N–H and O–H groups in total. The minimum absolute atomic E-state index is 0.0948. The normalized spacial score (nSPS) is 21.0. The van der Waals surface area contributed by atoms with Crippen LogP contribution < -0.4 is 0 Å². The maximum absolute atomic E-state index is 12.8. The number of carboxylic acids is 1. The molecule has 1 heterocycles. The Bertz CT molecular complexity index is 599. The summed E-state index contributed by atoms with van der Waals surface area (Å²) in [4.78, 5) is 25.2. The lowest BCUT2D eigenvalue weighted by atomic mass is 9.88. The van der Waals surface area contributed by atoms with E-state index in [1.165, 1.54) is 19.2 Å². The van der Waals surface area contributed by atoms with Gasteiger partial charge in [-0.25, -0.2) is 4.39 Å². The van der Waals surface area contributed by atoms with Gasteiger partial charge in [0, 0.05) is 26.6 Å². The van der Waals surface area contributed by atoms with Crippen molar-refractivity contribution in [2.75, 3.05) is 26.8 Å². The fraction of sp³-hybridized carbons (Fsp3) is 0.412. The van der Waals surface area contributed by atoms with Crippen molar-refractivity contribution in [1.82, 2.24) is 4.90 Å². The number of amides is 1. The summed E-state index contributed by atoms with van der Waals surface area (Å²) in [7, 11) is 1.46. The van der Waals surface area contributed by atoms with E-state index in [9.17, 15) is 19.1 Å². The maximum atomic E-state index is 12.8. The molecule has 1 aromatic rings. The van der Waals surface area contributed by atoms with E-state index in [-0.39, 0.29) is 31.3 Å². The van der Waals surface area contributed by atoms with Crippen LogP contribution in [0.3, 0.4) is 0 Å². The third-order valence-electron chi connectivity index (χ3n) is 4.05. The Hall–Kier alpha value is -2.21. The van der Waals surface area contributed by atoms with Gasteiger partial charge in [-0.2, -0.15) is 0 Å². The lowest BCUT2D eigenvalue weighted by Crippen LogP contribution is -2.40. The highest BCUT2D eigenvalue weighted by Crippen LogP contribution is 2.31. The van der Waals surface area contributed by atoms with E-state index >= 15 is 0 Å². The minimum Gasteiger partial charge on any atom is -0.481 e. The van der Waals surface area contributed by atoms with Crippen LogP contribution in [0.4, 0.5) is 4.39 Å². The molecule has 1 aromatic carbocycles. The third kappa shape index (κ3) is 4.16. The SMILES string of the molecule is COCC1(C(=O)O)CCN(C(=O)CC=Cc2ccc(F)cc2)C1. The lowest BCUT2D eigenvalue weighted by molar-refractivity contribution is -0.151. The molecule has 1 saturated heterocycles. The van der Waals surface area contributed by atoms with Crippen LogP contribution in [0.1, 0.15) is 18.4 Å². The predicted molar refractivity (Wildman–Crippen MR) is 83.2 cm³/mol. The molecule has 6 heteroatoms. The molecule has 23 heavy (non-hydrogen) atoms. The standard InChI is InChI=1S/C17H20FNO4/c1-23-12-17(16(21)22)9-10-19(11-17)15(20)4-2-3-13-5-7-14(18)8-6-13/h2-3,5-8H,4,9-12H2,1H3,(H,21,22). The molecule has 1 atom stereocenters. The first-order chi connectivity index (χ1) is 11.0. The van der Waals surface area contributed by atoms with Gasteiger partial charge in [0.1, 0.15) is 11.2 Å². The van der Waals surface area contributed by atoms with Gasteiger partial charge in [-0.15, -0.1) is 0 Å². The number of carbonyl (C=O) groups is 2. The van der Waals surface area contributed by atoms with Crippen LogP contribution >= 0.6 is 0 Å². The first kappa shape index (κ1) is 17.1. The average molecular weight is 321 g/mol. The van der Waals surface area contributed by atoms with Crippen LogP contribution in [0.5, 0.6) is 0 Å². The molecule has 0 bridgehead atoms. The lowest BCUT2D eigenvalue weighted by Gasteiger charge is -2.23. The van der Waals surface area contributed by atoms with Crippen molar-refractivity contribution in [2.45, 2.75) is 12.8 Å². The van der Waals surface area contributed by atoms with E-state index in [0.717, 1.165) is 5.56 Å². The van der Waals surface area contributed by atoms with Crippen molar-refractivity contribution in [3.8, 4) is 0 Å². The van der Waals surface area contributed by atoms with Gasteiger partial charge >= 0.3 is 5.97 Å². The van der Waals surface area contributed by atoms with Gasteiger partial charge in [-0.1, -0.05) is 24.3 Å². The Kier molecular flexibility index (Phi) is 5.50. The molecule has 0 spiro atoms. The molecule has 2 rings (SSSR count). The number of likely N-dealkylation sites (tertiary alicyclic amines) is 1. The van der Waals surface area contributed by atoms with Crippen molar-refractivity contribution < 1.29 is 23.8 Å². The highest BCUT2D eigenvalue weighted by atomic mass is 19.1. The summed E-state index contributed by atoms with van der Waals surface area (Å²) in [6.45, 7) is 0.676. The van der Waals surface area contributed by atoms with Crippen LogP contribution in [-0.4, -0.2) is 48.7 Å². The maximum Gasteiger partial charge on any atom is 0.313 e. The Morgan fingerprint density at radius 3 is 2.70 bits per heavy atom. The summed E-state index contributed by atoms with van der Waals surface area (Å²) in [6, 6.07) is 5.96. The van der Waals surface area contributed by atoms with E-state index in [4.69, 9.17) is 4.74 Å². The van der Waals surface area contributed by atoms with Crippen molar-refractivity contribution in [3.05, 3.63) is 41.7 Å². The molecule has 0 aromatic heterocycles. The number of hydrogen-bond acceptors (Lipinski definition) is 3. The second-order valence-corrected chi connectivity index (χ2v) is 5.74. The number of aliphatic carboxylic acids is 1. The molecular weight excluding hydrogens is 301 g/mol. The fourth-order valence-corrected chi connectivity index (χ4v) is 2.71. The number of methoxy groups -OCH3 is 1. The predicted octanol–water partition coefficient (Wildman–Crippen LogP) is 2.18. The Balaban J connectivity index is 1.91. The van der Waals surface area contributed by atoms with Crippen molar-refractivity contribution in [3.63, 3.8) is 0 Å². The number of rotatable bonds is 6. The first-order valence-corrected chi connectivity index (χ1v) is 7.39. The van der Waals surface area contributed by atoms with Crippen LogP contribution in [0, 0.1) is 11.2 Å².